The molecule has 0 amide bonds. The molecule has 0 heterocycles. The number of nitrogen functional groups attached to an aromatic ring is 1. The third-order valence-electron chi connectivity index (χ3n) is 2.86. The lowest BCUT2D eigenvalue weighted by Gasteiger charge is -2.08. The number of hydrogen-bond donors (Lipinski definition) is 1. The van der Waals surface area contributed by atoms with E-state index in [1.165, 1.54) is 16.7 Å². The standard InChI is InChI=1S/C16H16N2S/c1-11-6-12(2)8-13(7-11)10-19-15-5-3-4-14(9-17)16(15)18/h3-8H,10,18H2,1-2H3. The molecule has 0 aliphatic carbocycles. The van der Waals surface area contributed by atoms with Gasteiger partial charge in [0, 0.05) is 10.6 Å². The number of benzene rings is 2. The normalized spacial score (nSPS) is 10.2. The molecule has 0 atom stereocenters. The van der Waals surface area contributed by atoms with E-state index < -0.39 is 0 Å². The van der Waals surface area contributed by atoms with Crippen molar-refractivity contribution in [2.75, 3.05) is 5.73 Å². The van der Waals surface area contributed by atoms with Gasteiger partial charge in [0.05, 0.1) is 11.3 Å². The first-order valence-electron chi connectivity index (χ1n) is 6.08. The minimum Gasteiger partial charge on any atom is -0.397 e. The van der Waals surface area contributed by atoms with Crippen LogP contribution in [0.1, 0.15) is 22.3 Å². The zero-order valence-electron chi connectivity index (χ0n) is 11.1. The third kappa shape index (κ3) is 3.30. The molecule has 0 bridgehead atoms. The molecule has 2 nitrogen and oxygen atoms in total. The fraction of sp³-hybridized carbons (Fsp3) is 0.188. The topological polar surface area (TPSA) is 49.8 Å². The number of aryl methyl sites for hydroxylation is 2. The molecule has 0 radical (unpaired) electrons. The number of rotatable bonds is 3. The first-order chi connectivity index (χ1) is 9.10. The summed E-state index contributed by atoms with van der Waals surface area (Å²) in [6.45, 7) is 4.21. The summed E-state index contributed by atoms with van der Waals surface area (Å²) in [7, 11) is 0. The van der Waals surface area contributed by atoms with Crippen LogP contribution in [0.4, 0.5) is 5.69 Å². The summed E-state index contributed by atoms with van der Waals surface area (Å²) in [4.78, 5) is 0.971. The highest BCUT2D eigenvalue weighted by Gasteiger charge is 2.05. The van der Waals surface area contributed by atoms with Crippen molar-refractivity contribution in [1.82, 2.24) is 0 Å². The quantitative estimate of drug-likeness (QED) is 0.675. The molecule has 19 heavy (non-hydrogen) atoms. The van der Waals surface area contributed by atoms with E-state index in [1.54, 1.807) is 17.8 Å². The van der Waals surface area contributed by atoms with E-state index in [0.29, 0.717) is 11.3 Å². The van der Waals surface area contributed by atoms with E-state index in [2.05, 4.69) is 38.1 Å². The number of nitrogens with zero attached hydrogens (tertiary/aromatic N) is 1. The number of para-hydroxylation sites is 1. The number of thioether (sulfide) groups is 1. The molecule has 0 saturated heterocycles. The summed E-state index contributed by atoms with van der Waals surface area (Å²) in [5, 5.41) is 8.96. The molecule has 0 saturated carbocycles. The van der Waals surface area contributed by atoms with Crippen LogP contribution in [0.2, 0.25) is 0 Å². The molecule has 2 aromatic carbocycles. The number of nitrogens with two attached hydrogens (primary N) is 1. The van der Waals surface area contributed by atoms with Crippen LogP contribution in [-0.2, 0) is 5.75 Å². The zero-order chi connectivity index (χ0) is 13.8. The van der Waals surface area contributed by atoms with Crippen LogP contribution in [0.3, 0.4) is 0 Å². The van der Waals surface area contributed by atoms with Crippen molar-refractivity contribution in [2.45, 2.75) is 24.5 Å². The van der Waals surface area contributed by atoms with Crippen LogP contribution in [-0.4, -0.2) is 0 Å². The van der Waals surface area contributed by atoms with Crippen molar-refractivity contribution in [3.8, 4) is 6.07 Å². The highest BCUT2D eigenvalue weighted by molar-refractivity contribution is 7.98. The van der Waals surface area contributed by atoms with E-state index in [1.807, 2.05) is 12.1 Å². The van der Waals surface area contributed by atoms with Gasteiger partial charge in [-0.2, -0.15) is 5.26 Å². The summed E-state index contributed by atoms with van der Waals surface area (Å²) < 4.78 is 0. The maximum absolute atomic E-state index is 8.96. The largest absolute Gasteiger partial charge is 0.397 e. The van der Waals surface area contributed by atoms with Gasteiger partial charge in [0.1, 0.15) is 6.07 Å². The Labute approximate surface area is 118 Å². The van der Waals surface area contributed by atoms with Gasteiger partial charge in [-0.3, -0.25) is 0 Å². The molecular formula is C16H16N2S. The summed E-state index contributed by atoms with van der Waals surface area (Å²) in [5.74, 6) is 0.863. The van der Waals surface area contributed by atoms with Crippen LogP contribution in [0.5, 0.6) is 0 Å². The predicted octanol–water partition coefficient (Wildman–Crippen LogP) is 4.05. The van der Waals surface area contributed by atoms with Crippen molar-refractivity contribution >= 4 is 17.4 Å². The smallest absolute Gasteiger partial charge is 0.101 e. The molecule has 0 aliphatic rings. The first kappa shape index (κ1) is 13.5. The summed E-state index contributed by atoms with van der Waals surface area (Å²) in [6.07, 6.45) is 0. The minimum atomic E-state index is 0.547. The maximum Gasteiger partial charge on any atom is 0.101 e. The monoisotopic (exact) mass is 268 g/mol. The van der Waals surface area contributed by atoms with Crippen LogP contribution < -0.4 is 5.73 Å². The van der Waals surface area contributed by atoms with E-state index in [9.17, 15) is 0 Å². The average molecular weight is 268 g/mol. The van der Waals surface area contributed by atoms with Gasteiger partial charge >= 0.3 is 0 Å². The predicted molar refractivity (Wildman–Crippen MR) is 81.0 cm³/mol. The van der Waals surface area contributed by atoms with Gasteiger partial charge in [-0.25, -0.2) is 0 Å². The second kappa shape index (κ2) is 5.81. The lowest BCUT2D eigenvalue weighted by molar-refractivity contribution is 1.29. The van der Waals surface area contributed by atoms with E-state index in [-0.39, 0.29) is 0 Å². The number of nitriles is 1. The van der Waals surface area contributed by atoms with E-state index >= 15 is 0 Å². The van der Waals surface area contributed by atoms with Crippen LogP contribution in [0.25, 0.3) is 0 Å². The SMILES string of the molecule is Cc1cc(C)cc(CSc2cccc(C#N)c2N)c1. The Bertz CT molecular complexity index is 621. The lowest BCUT2D eigenvalue weighted by Crippen LogP contribution is -1.93. The van der Waals surface area contributed by atoms with E-state index in [4.69, 9.17) is 11.0 Å². The molecule has 96 valence electrons. The summed E-state index contributed by atoms with van der Waals surface area (Å²) >= 11 is 1.67. The van der Waals surface area contributed by atoms with Gasteiger partial charge in [0.25, 0.3) is 0 Å². The van der Waals surface area contributed by atoms with Gasteiger partial charge in [-0.05, 0) is 31.5 Å². The molecule has 2 aromatic rings. The Morgan fingerprint density at radius 1 is 1.16 bits per heavy atom. The fourth-order valence-corrected chi connectivity index (χ4v) is 3.01. The molecule has 0 aromatic heterocycles. The molecule has 0 aliphatic heterocycles. The molecule has 0 fully saturated rings. The Morgan fingerprint density at radius 2 is 1.84 bits per heavy atom. The average Bonchev–Trinajstić information content (AvgIpc) is 2.36. The molecule has 3 heteroatoms. The fourth-order valence-electron chi connectivity index (χ4n) is 2.08. The van der Waals surface area contributed by atoms with E-state index in [0.717, 1.165) is 10.6 Å². The molecule has 0 unspecified atom stereocenters. The number of hydrogen-bond acceptors (Lipinski definition) is 3. The number of anilines is 1. The van der Waals surface area contributed by atoms with Crippen LogP contribution in [0.15, 0.2) is 41.3 Å². The highest BCUT2D eigenvalue weighted by Crippen LogP contribution is 2.30. The van der Waals surface area contributed by atoms with Crippen molar-refractivity contribution in [1.29, 1.82) is 5.26 Å². The Balaban J connectivity index is 2.17. The highest BCUT2D eigenvalue weighted by atomic mass is 32.2. The lowest BCUT2D eigenvalue weighted by atomic mass is 10.1. The van der Waals surface area contributed by atoms with Crippen molar-refractivity contribution in [3.05, 3.63) is 58.7 Å². The Kier molecular flexibility index (Phi) is 4.13. The van der Waals surface area contributed by atoms with Crippen molar-refractivity contribution < 1.29 is 0 Å². The van der Waals surface area contributed by atoms with Gasteiger partial charge in [0.15, 0.2) is 0 Å². The minimum absolute atomic E-state index is 0.547. The van der Waals surface area contributed by atoms with Crippen LogP contribution >= 0.6 is 11.8 Å². The Hall–Kier alpha value is -1.92. The van der Waals surface area contributed by atoms with Gasteiger partial charge in [0.2, 0.25) is 0 Å². The van der Waals surface area contributed by atoms with Crippen molar-refractivity contribution in [3.63, 3.8) is 0 Å². The second-order valence-electron chi connectivity index (χ2n) is 4.61. The molecule has 0 spiro atoms. The molecular weight excluding hydrogens is 252 g/mol. The van der Waals surface area contributed by atoms with Crippen molar-refractivity contribution in [2.24, 2.45) is 0 Å². The molecule has 2 N–H and O–H groups in total. The Morgan fingerprint density at radius 3 is 2.47 bits per heavy atom. The van der Waals surface area contributed by atoms with Gasteiger partial charge < -0.3 is 5.73 Å². The van der Waals surface area contributed by atoms with Gasteiger partial charge in [-0.15, -0.1) is 11.8 Å². The first-order valence-corrected chi connectivity index (χ1v) is 7.07. The molecule has 2 rings (SSSR count). The maximum atomic E-state index is 8.96. The summed E-state index contributed by atoms with van der Waals surface area (Å²) in [5.41, 5.74) is 10.9. The van der Waals surface area contributed by atoms with Gasteiger partial charge in [-0.1, -0.05) is 35.4 Å². The zero-order valence-corrected chi connectivity index (χ0v) is 11.9. The third-order valence-corrected chi connectivity index (χ3v) is 4.01. The second-order valence-corrected chi connectivity index (χ2v) is 5.63. The summed E-state index contributed by atoms with van der Waals surface area (Å²) in [6, 6.07) is 14.2. The van der Waals surface area contributed by atoms with Crippen LogP contribution in [0, 0.1) is 25.2 Å².